The van der Waals surface area contributed by atoms with Crippen molar-refractivity contribution in [2.45, 2.75) is 24.5 Å². The van der Waals surface area contributed by atoms with Crippen molar-refractivity contribution in [1.29, 1.82) is 0 Å². The van der Waals surface area contributed by atoms with Crippen LogP contribution in [0.4, 0.5) is 0 Å². The average molecular weight is 267 g/mol. The molecule has 1 saturated heterocycles. The lowest BCUT2D eigenvalue weighted by molar-refractivity contribution is 0.223. The Kier molecular flexibility index (Phi) is 2.67. The molecule has 0 aliphatic carbocycles. The van der Waals surface area contributed by atoms with Crippen molar-refractivity contribution >= 4 is 0 Å². The van der Waals surface area contributed by atoms with Gasteiger partial charge in [-0.1, -0.05) is 30.3 Å². The third-order valence-corrected chi connectivity index (χ3v) is 4.31. The van der Waals surface area contributed by atoms with E-state index < -0.39 is 0 Å². The minimum absolute atomic E-state index is 0.228. The summed E-state index contributed by atoms with van der Waals surface area (Å²) in [5.41, 5.74) is 2.35. The predicted molar refractivity (Wildman–Crippen MR) is 77.2 cm³/mol. The molecular formula is C17H17NO2. The molecule has 2 aliphatic rings. The van der Waals surface area contributed by atoms with E-state index in [2.05, 4.69) is 29.6 Å². The zero-order valence-corrected chi connectivity index (χ0v) is 11.1. The van der Waals surface area contributed by atoms with Crippen molar-refractivity contribution in [2.24, 2.45) is 0 Å². The maximum Gasteiger partial charge on any atom is 0.123 e. The van der Waals surface area contributed by atoms with Gasteiger partial charge in [0.1, 0.15) is 17.6 Å². The number of fused-ring (bicyclic) bond motifs is 3. The molecule has 102 valence electrons. The fourth-order valence-electron chi connectivity index (χ4n) is 3.43. The molecule has 0 radical (unpaired) electrons. The van der Waals surface area contributed by atoms with Gasteiger partial charge in [-0.15, -0.1) is 0 Å². The van der Waals surface area contributed by atoms with Gasteiger partial charge in [0, 0.05) is 30.5 Å². The summed E-state index contributed by atoms with van der Waals surface area (Å²) in [6, 6.07) is 16.3. The van der Waals surface area contributed by atoms with Gasteiger partial charge in [0.2, 0.25) is 0 Å². The number of phenols is 1. The first-order valence-corrected chi connectivity index (χ1v) is 7.09. The Morgan fingerprint density at radius 3 is 2.80 bits per heavy atom. The maximum atomic E-state index is 9.84. The standard InChI is InChI=1S/C17H17NO2/c19-12-6-7-16-14(8-12)17(11-4-2-1-3-5-11)15-9-13(20-16)10-18-15/h1-8,13,15,17-19H,9-10H2. The summed E-state index contributed by atoms with van der Waals surface area (Å²) >= 11 is 0. The molecule has 3 heteroatoms. The van der Waals surface area contributed by atoms with Crippen molar-refractivity contribution in [3.8, 4) is 11.5 Å². The van der Waals surface area contributed by atoms with Crippen LogP contribution in [0.15, 0.2) is 48.5 Å². The fraction of sp³-hybridized carbons (Fsp3) is 0.294. The van der Waals surface area contributed by atoms with E-state index in [0.717, 1.165) is 24.3 Å². The van der Waals surface area contributed by atoms with Crippen LogP contribution in [0.2, 0.25) is 0 Å². The molecule has 0 aromatic heterocycles. The zero-order valence-electron chi connectivity index (χ0n) is 11.1. The summed E-state index contributed by atoms with van der Waals surface area (Å²) in [4.78, 5) is 0. The Labute approximate surface area is 118 Å². The van der Waals surface area contributed by atoms with Crippen molar-refractivity contribution in [2.75, 3.05) is 6.54 Å². The first kappa shape index (κ1) is 11.8. The van der Waals surface area contributed by atoms with Crippen LogP contribution >= 0.6 is 0 Å². The number of rotatable bonds is 1. The third kappa shape index (κ3) is 1.86. The lowest BCUT2D eigenvalue weighted by Crippen LogP contribution is -2.30. The van der Waals surface area contributed by atoms with Gasteiger partial charge in [0.05, 0.1) is 0 Å². The first-order valence-electron chi connectivity index (χ1n) is 7.09. The molecule has 20 heavy (non-hydrogen) atoms. The predicted octanol–water partition coefficient (Wildman–Crippen LogP) is 2.65. The third-order valence-electron chi connectivity index (χ3n) is 4.31. The van der Waals surface area contributed by atoms with Crippen LogP contribution in [0, 0.1) is 0 Å². The van der Waals surface area contributed by atoms with Crippen LogP contribution in [0.1, 0.15) is 23.5 Å². The highest BCUT2D eigenvalue weighted by Crippen LogP contribution is 2.42. The normalized spacial score (nSPS) is 27.5. The molecule has 4 rings (SSSR count). The van der Waals surface area contributed by atoms with Crippen molar-refractivity contribution in [1.82, 2.24) is 5.32 Å². The number of ether oxygens (including phenoxy) is 1. The molecular weight excluding hydrogens is 250 g/mol. The van der Waals surface area contributed by atoms with Crippen LogP contribution in [0.5, 0.6) is 11.5 Å². The highest BCUT2D eigenvalue weighted by atomic mass is 16.5. The molecule has 3 atom stereocenters. The Bertz CT molecular complexity index is 626. The van der Waals surface area contributed by atoms with Crippen LogP contribution in [0.3, 0.4) is 0 Å². The number of aromatic hydroxyl groups is 1. The molecule has 2 aromatic rings. The monoisotopic (exact) mass is 267 g/mol. The summed E-state index contributed by atoms with van der Waals surface area (Å²) < 4.78 is 6.08. The topological polar surface area (TPSA) is 41.5 Å². The van der Waals surface area contributed by atoms with E-state index in [1.54, 1.807) is 6.07 Å². The highest BCUT2D eigenvalue weighted by molar-refractivity contribution is 5.48. The first-order chi connectivity index (χ1) is 9.81. The van der Waals surface area contributed by atoms with E-state index in [9.17, 15) is 5.11 Å². The Morgan fingerprint density at radius 2 is 1.95 bits per heavy atom. The summed E-state index contributed by atoms with van der Waals surface area (Å²) in [5, 5.41) is 13.4. The minimum atomic E-state index is 0.228. The second-order valence-electron chi connectivity index (χ2n) is 5.60. The number of phenolic OH excluding ortho intramolecular Hbond substituents is 1. The molecule has 0 spiro atoms. The summed E-state index contributed by atoms with van der Waals surface area (Å²) in [6.45, 7) is 0.897. The second kappa shape index (κ2) is 4.53. The van der Waals surface area contributed by atoms with E-state index >= 15 is 0 Å². The van der Waals surface area contributed by atoms with E-state index in [4.69, 9.17) is 4.74 Å². The summed E-state index contributed by atoms with van der Waals surface area (Å²) in [7, 11) is 0. The molecule has 2 N–H and O–H groups in total. The minimum Gasteiger partial charge on any atom is -0.508 e. The van der Waals surface area contributed by atoms with Crippen molar-refractivity contribution in [3.05, 3.63) is 59.7 Å². The quantitative estimate of drug-likeness (QED) is 0.834. The SMILES string of the molecule is Oc1ccc2c(c1)C(c1ccccc1)C1CC(CN1)O2. The van der Waals surface area contributed by atoms with E-state index in [0.29, 0.717) is 11.8 Å². The van der Waals surface area contributed by atoms with Gasteiger partial charge in [-0.2, -0.15) is 0 Å². The lowest BCUT2D eigenvalue weighted by Gasteiger charge is -2.25. The molecule has 2 aliphatic heterocycles. The van der Waals surface area contributed by atoms with Gasteiger partial charge in [-0.25, -0.2) is 0 Å². The summed E-state index contributed by atoms with van der Waals surface area (Å²) in [6.07, 6.45) is 1.24. The Balaban J connectivity index is 1.89. The van der Waals surface area contributed by atoms with Crippen molar-refractivity contribution in [3.63, 3.8) is 0 Å². The van der Waals surface area contributed by atoms with E-state index in [1.807, 2.05) is 18.2 Å². The maximum absolute atomic E-state index is 9.84. The van der Waals surface area contributed by atoms with Gasteiger partial charge in [0.15, 0.2) is 0 Å². The van der Waals surface area contributed by atoms with Crippen molar-refractivity contribution < 1.29 is 9.84 Å². The van der Waals surface area contributed by atoms with Crippen LogP contribution in [0.25, 0.3) is 0 Å². The average Bonchev–Trinajstić information content (AvgIpc) is 2.84. The molecule has 1 fully saturated rings. The van der Waals surface area contributed by atoms with Gasteiger partial charge in [0.25, 0.3) is 0 Å². The fourth-order valence-corrected chi connectivity index (χ4v) is 3.43. The zero-order chi connectivity index (χ0) is 13.5. The van der Waals surface area contributed by atoms with Crippen LogP contribution in [-0.4, -0.2) is 23.8 Å². The van der Waals surface area contributed by atoms with E-state index in [1.165, 1.54) is 5.56 Å². The molecule has 2 heterocycles. The van der Waals surface area contributed by atoms with Crippen LogP contribution < -0.4 is 10.1 Å². The Morgan fingerprint density at radius 1 is 1.10 bits per heavy atom. The highest BCUT2D eigenvalue weighted by Gasteiger charge is 2.38. The molecule has 0 saturated carbocycles. The van der Waals surface area contributed by atoms with Gasteiger partial charge < -0.3 is 15.2 Å². The number of hydrogen-bond acceptors (Lipinski definition) is 3. The van der Waals surface area contributed by atoms with Gasteiger partial charge in [-0.05, 0) is 23.8 Å². The molecule has 3 nitrogen and oxygen atoms in total. The number of nitrogens with one attached hydrogen (secondary N) is 1. The smallest absolute Gasteiger partial charge is 0.123 e. The van der Waals surface area contributed by atoms with Gasteiger partial charge >= 0.3 is 0 Å². The second-order valence-corrected chi connectivity index (χ2v) is 5.60. The summed E-state index contributed by atoms with van der Waals surface area (Å²) in [5.74, 6) is 1.43. The molecule has 2 aromatic carbocycles. The number of benzene rings is 2. The van der Waals surface area contributed by atoms with Crippen LogP contribution in [-0.2, 0) is 0 Å². The Hall–Kier alpha value is -2.00. The number of hydrogen-bond donors (Lipinski definition) is 2. The lowest BCUT2D eigenvalue weighted by atomic mass is 9.84. The largest absolute Gasteiger partial charge is 0.508 e. The van der Waals surface area contributed by atoms with Gasteiger partial charge in [-0.3, -0.25) is 0 Å². The molecule has 2 bridgehead atoms. The molecule has 0 amide bonds. The van der Waals surface area contributed by atoms with E-state index in [-0.39, 0.29) is 12.0 Å². The molecule has 3 unspecified atom stereocenters.